The predicted molar refractivity (Wildman–Crippen MR) is 89.7 cm³/mol. The van der Waals surface area contributed by atoms with E-state index >= 15 is 0 Å². The number of nitrogens with one attached hydrogen (secondary N) is 1. The molecule has 6 heteroatoms. The van der Waals surface area contributed by atoms with Crippen molar-refractivity contribution in [2.75, 3.05) is 45.2 Å². The third-order valence-corrected chi connectivity index (χ3v) is 3.82. The first-order chi connectivity index (χ1) is 11.0. The second-order valence-corrected chi connectivity index (χ2v) is 6.18. The molecule has 23 heavy (non-hydrogen) atoms. The molecule has 6 nitrogen and oxygen atoms in total. The van der Waals surface area contributed by atoms with Gasteiger partial charge in [-0.2, -0.15) is 0 Å². The molecule has 0 aliphatic carbocycles. The van der Waals surface area contributed by atoms with E-state index in [0.29, 0.717) is 17.2 Å². The predicted octanol–water partition coefficient (Wildman–Crippen LogP) is 2.28. The Balaban J connectivity index is 1.89. The van der Waals surface area contributed by atoms with E-state index in [4.69, 9.17) is 0 Å². The minimum absolute atomic E-state index is 0.129. The molecule has 1 fully saturated rings. The number of nitrogens with zero attached hydrogens (tertiary/aromatic N) is 2. The van der Waals surface area contributed by atoms with E-state index in [1.54, 1.807) is 24.3 Å². The number of esters is 1. The summed E-state index contributed by atoms with van der Waals surface area (Å²) in [5.41, 5.74) is 1.02. The molecule has 1 aliphatic heterocycles. The molecule has 2 rings (SSSR count). The van der Waals surface area contributed by atoms with Crippen molar-refractivity contribution in [3.8, 4) is 0 Å². The van der Waals surface area contributed by atoms with Crippen molar-refractivity contribution >= 4 is 17.7 Å². The van der Waals surface area contributed by atoms with E-state index in [2.05, 4.69) is 28.8 Å². The lowest BCUT2D eigenvalue weighted by atomic mass is 10.2. The van der Waals surface area contributed by atoms with E-state index < -0.39 is 5.97 Å². The van der Waals surface area contributed by atoms with Crippen LogP contribution in [0.15, 0.2) is 24.3 Å². The SMILES string of the molecule is COC(=O)c1cccc(NC(=O)N2CCN(CC(C)C)CC2)c1. The van der Waals surface area contributed by atoms with E-state index in [-0.39, 0.29) is 6.03 Å². The minimum atomic E-state index is -0.414. The van der Waals surface area contributed by atoms with Crippen LogP contribution in [0.1, 0.15) is 24.2 Å². The molecule has 1 aliphatic rings. The number of amides is 2. The number of piperazine rings is 1. The lowest BCUT2D eigenvalue weighted by molar-refractivity contribution is 0.0600. The van der Waals surface area contributed by atoms with Crippen LogP contribution in [0.25, 0.3) is 0 Å². The number of benzene rings is 1. The number of methoxy groups -OCH3 is 1. The van der Waals surface area contributed by atoms with Gasteiger partial charge in [-0.15, -0.1) is 0 Å². The molecule has 0 atom stereocenters. The van der Waals surface area contributed by atoms with Crippen LogP contribution in [-0.4, -0.2) is 61.6 Å². The Kier molecular flexibility index (Phi) is 5.98. The Morgan fingerprint density at radius 3 is 2.52 bits per heavy atom. The molecular formula is C17H25N3O3. The topological polar surface area (TPSA) is 61.9 Å². The van der Waals surface area contributed by atoms with E-state index in [0.717, 1.165) is 32.7 Å². The zero-order valence-corrected chi connectivity index (χ0v) is 14.0. The first-order valence-corrected chi connectivity index (χ1v) is 7.96. The van der Waals surface area contributed by atoms with Gasteiger partial charge >= 0.3 is 12.0 Å². The molecule has 1 heterocycles. The second kappa shape index (κ2) is 7.97. The Morgan fingerprint density at radius 2 is 1.91 bits per heavy atom. The van der Waals surface area contributed by atoms with Gasteiger partial charge in [-0.05, 0) is 24.1 Å². The highest BCUT2D eigenvalue weighted by molar-refractivity contribution is 5.93. The van der Waals surface area contributed by atoms with Crippen molar-refractivity contribution in [3.05, 3.63) is 29.8 Å². The number of anilines is 1. The van der Waals surface area contributed by atoms with E-state index in [1.807, 2.05) is 4.90 Å². The molecule has 1 aromatic carbocycles. The van der Waals surface area contributed by atoms with E-state index in [1.165, 1.54) is 7.11 Å². The van der Waals surface area contributed by atoms with Gasteiger partial charge in [0.05, 0.1) is 12.7 Å². The lowest BCUT2D eigenvalue weighted by Gasteiger charge is -2.35. The number of hydrogen-bond acceptors (Lipinski definition) is 4. The van der Waals surface area contributed by atoms with Crippen LogP contribution in [0.2, 0.25) is 0 Å². The maximum Gasteiger partial charge on any atom is 0.337 e. The van der Waals surface area contributed by atoms with Gasteiger partial charge in [-0.3, -0.25) is 4.90 Å². The monoisotopic (exact) mass is 319 g/mol. The summed E-state index contributed by atoms with van der Waals surface area (Å²) in [6.45, 7) is 8.70. The van der Waals surface area contributed by atoms with Crippen LogP contribution in [0.3, 0.4) is 0 Å². The maximum absolute atomic E-state index is 12.3. The Bertz CT molecular complexity index is 552. The van der Waals surface area contributed by atoms with Crippen molar-refractivity contribution in [1.29, 1.82) is 0 Å². The van der Waals surface area contributed by atoms with Crippen molar-refractivity contribution < 1.29 is 14.3 Å². The van der Waals surface area contributed by atoms with Gasteiger partial charge in [0.25, 0.3) is 0 Å². The summed E-state index contributed by atoms with van der Waals surface area (Å²) < 4.78 is 4.69. The molecule has 2 amide bonds. The molecule has 1 N–H and O–H groups in total. The van der Waals surface area contributed by atoms with Crippen molar-refractivity contribution in [2.24, 2.45) is 5.92 Å². The fourth-order valence-corrected chi connectivity index (χ4v) is 2.69. The van der Waals surface area contributed by atoms with Crippen LogP contribution >= 0.6 is 0 Å². The number of carbonyl (C=O) groups is 2. The van der Waals surface area contributed by atoms with Crippen molar-refractivity contribution in [1.82, 2.24) is 9.80 Å². The summed E-state index contributed by atoms with van der Waals surface area (Å²) in [7, 11) is 1.34. The molecule has 0 aromatic heterocycles. The molecule has 0 spiro atoms. The van der Waals surface area contributed by atoms with E-state index in [9.17, 15) is 9.59 Å². The van der Waals surface area contributed by atoms with Gasteiger partial charge in [0.1, 0.15) is 0 Å². The minimum Gasteiger partial charge on any atom is -0.465 e. The molecule has 0 saturated carbocycles. The van der Waals surface area contributed by atoms with Crippen LogP contribution in [-0.2, 0) is 4.74 Å². The zero-order chi connectivity index (χ0) is 16.8. The summed E-state index contributed by atoms with van der Waals surface area (Å²) in [5.74, 6) is 0.222. The molecule has 1 aromatic rings. The maximum atomic E-state index is 12.3. The summed E-state index contributed by atoms with van der Waals surface area (Å²) in [6, 6.07) is 6.64. The summed E-state index contributed by atoms with van der Waals surface area (Å²) in [4.78, 5) is 28.0. The number of carbonyl (C=O) groups excluding carboxylic acids is 2. The lowest BCUT2D eigenvalue weighted by Crippen LogP contribution is -2.50. The fraction of sp³-hybridized carbons (Fsp3) is 0.529. The van der Waals surface area contributed by atoms with Gasteiger partial charge in [-0.1, -0.05) is 19.9 Å². The standard InChI is InChI=1S/C17H25N3O3/c1-13(2)12-19-7-9-20(10-8-19)17(22)18-15-6-4-5-14(11-15)16(21)23-3/h4-6,11,13H,7-10,12H2,1-3H3,(H,18,22). The Hall–Kier alpha value is -2.08. The van der Waals surface area contributed by atoms with Gasteiger partial charge < -0.3 is 15.0 Å². The molecular weight excluding hydrogens is 294 g/mol. The Morgan fingerprint density at radius 1 is 1.22 bits per heavy atom. The Labute approximate surface area is 137 Å². The summed E-state index contributed by atoms with van der Waals surface area (Å²) in [6.07, 6.45) is 0. The summed E-state index contributed by atoms with van der Waals surface area (Å²) in [5, 5.41) is 2.85. The van der Waals surface area contributed by atoms with Crippen LogP contribution in [0, 0.1) is 5.92 Å². The molecule has 126 valence electrons. The molecule has 0 bridgehead atoms. The highest BCUT2D eigenvalue weighted by atomic mass is 16.5. The van der Waals surface area contributed by atoms with Crippen molar-refractivity contribution in [3.63, 3.8) is 0 Å². The molecule has 0 radical (unpaired) electrons. The second-order valence-electron chi connectivity index (χ2n) is 6.18. The third-order valence-electron chi connectivity index (χ3n) is 3.82. The highest BCUT2D eigenvalue weighted by Gasteiger charge is 2.21. The molecule has 0 unspecified atom stereocenters. The number of rotatable bonds is 4. The smallest absolute Gasteiger partial charge is 0.337 e. The average Bonchev–Trinajstić information content (AvgIpc) is 2.54. The quantitative estimate of drug-likeness (QED) is 0.865. The van der Waals surface area contributed by atoms with Gasteiger partial charge in [0.2, 0.25) is 0 Å². The first kappa shape index (κ1) is 17.3. The van der Waals surface area contributed by atoms with Gasteiger partial charge in [-0.25, -0.2) is 9.59 Å². The normalized spacial score (nSPS) is 15.6. The highest BCUT2D eigenvalue weighted by Crippen LogP contribution is 2.13. The number of urea groups is 1. The number of hydrogen-bond donors (Lipinski definition) is 1. The van der Waals surface area contributed by atoms with Crippen molar-refractivity contribution in [2.45, 2.75) is 13.8 Å². The van der Waals surface area contributed by atoms with Crippen LogP contribution < -0.4 is 5.32 Å². The third kappa shape index (κ3) is 4.96. The molecule has 1 saturated heterocycles. The summed E-state index contributed by atoms with van der Waals surface area (Å²) >= 11 is 0. The first-order valence-electron chi connectivity index (χ1n) is 7.96. The zero-order valence-electron chi connectivity index (χ0n) is 14.0. The van der Waals surface area contributed by atoms with Gasteiger partial charge in [0, 0.05) is 38.4 Å². The van der Waals surface area contributed by atoms with Crippen LogP contribution in [0.4, 0.5) is 10.5 Å². The fourth-order valence-electron chi connectivity index (χ4n) is 2.69. The van der Waals surface area contributed by atoms with Crippen LogP contribution in [0.5, 0.6) is 0 Å². The van der Waals surface area contributed by atoms with Gasteiger partial charge in [0.15, 0.2) is 0 Å². The largest absolute Gasteiger partial charge is 0.465 e. The average molecular weight is 319 g/mol. The number of ether oxygens (including phenoxy) is 1.